The normalized spacial score (nSPS) is 12.9. The standard InChI is InChI=1S/C16H24O3/c1-6-16(4,5)13-8-10-14(11-9-13)19-12(3)15(17)18-7-2/h8-12H,6-7H2,1-5H3/t12-/m1/s1. The van der Waals surface area contributed by atoms with E-state index in [1.54, 1.807) is 13.8 Å². The summed E-state index contributed by atoms with van der Waals surface area (Å²) in [4.78, 5) is 11.5. The fourth-order valence-corrected chi connectivity index (χ4v) is 1.70. The van der Waals surface area contributed by atoms with E-state index < -0.39 is 6.10 Å². The molecule has 1 atom stereocenters. The summed E-state index contributed by atoms with van der Waals surface area (Å²) in [6.07, 6.45) is 0.497. The Morgan fingerprint density at radius 2 is 1.79 bits per heavy atom. The fourth-order valence-electron chi connectivity index (χ4n) is 1.70. The van der Waals surface area contributed by atoms with Gasteiger partial charge in [0.05, 0.1) is 6.61 Å². The lowest BCUT2D eigenvalue weighted by molar-refractivity contribution is -0.150. The van der Waals surface area contributed by atoms with E-state index >= 15 is 0 Å². The smallest absolute Gasteiger partial charge is 0.347 e. The largest absolute Gasteiger partial charge is 0.479 e. The molecule has 1 rings (SSSR count). The zero-order chi connectivity index (χ0) is 14.5. The maximum absolute atomic E-state index is 11.5. The molecule has 1 aromatic rings. The maximum Gasteiger partial charge on any atom is 0.347 e. The molecule has 0 aliphatic carbocycles. The summed E-state index contributed by atoms with van der Waals surface area (Å²) < 4.78 is 10.5. The van der Waals surface area contributed by atoms with Crippen LogP contribution in [0.3, 0.4) is 0 Å². The molecule has 0 aliphatic heterocycles. The summed E-state index contributed by atoms with van der Waals surface area (Å²) in [6.45, 7) is 10.5. The van der Waals surface area contributed by atoms with Crippen molar-refractivity contribution < 1.29 is 14.3 Å². The van der Waals surface area contributed by atoms with Crippen LogP contribution in [0.5, 0.6) is 5.75 Å². The summed E-state index contributed by atoms with van der Waals surface area (Å²) in [7, 11) is 0. The van der Waals surface area contributed by atoms with E-state index in [4.69, 9.17) is 9.47 Å². The minimum absolute atomic E-state index is 0.158. The van der Waals surface area contributed by atoms with Crippen molar-refractivity contribution in [2.24, 2.45) is 0 Å². The Morgan fingerprint density at radius 3 is 2.26 bits per heavy atom. The molecule has 0 radical (unpaired) electrons. The maximum atomic E-state index is 11.5. The second kappa shape index (κ2) is 6.60. The molecule has 0 bridgehead atoms. The lowest BCUT2D eigenvalue weighted by atomic mass is 9.82. The van der Waals surface area contributed by atoms with Crippen molar-refractivity contribution in [3.63, 3.8) is 0 Å². The second-order valence-electron chi connectivity index (χ2n) is 5.27. The number of benzene rings is 1. The van der Waals surface area contributed by atoms with Gasteiger partial charge in [0.1, 0.15) is 5.75 Å². The van der Waals surface area contributed by atoms with Crippen LogP contribution in [0.1, 0.15) is 46.6 Å². The highest BCUT2D eigenvalue weighted by Gasteiger charge is 2.19. The summed E-state index contributed by atoms with van der Waals surface area (Å²) >= 11 is 0. The second-order valence-corrected chi connectivity index (χ2v) is 5.27. The van der Waals surface area contributed by atoms with Crippen LogP contribution >= 0.6 is 0 Å². The van der Waals surface area contributed by atoms with Gasteiger partial charge in [0.2, 0.25) is 0 Å². The summed E-state index contributed by atoms with van der Waals surface area (Å²) in [5.74, 6) is 0.358. The van der Waals surface area contributed by atoms with Gasteiger partial charge in [-0.1, -0.05) is 32.9 Å². The number of rotatable bonds is 6. The first kappa shape index (κ1) is 15.5. The van der Waals surface area contributed by atoms with Crippen LogP contribution in [0.4, 0.5) is 0 Å². The van der Waals surface area contributed by atoms with Crippen molar-refractivity contribution >= 4 is 5.97 Å². The molecule has 0 amide bonds. The molecule has 1 aromatic carbocycles. The Bertz CT molecular complexity index is 407. The zero-order valence-electron chi connectivity index (χ0n) is 12.5. The monoisotopic (exact) mass is 264 g/mol. The van der Waals surface area contributed by atoms with E-state index in [-0.39, 0.29) is 11.4 Å². The Morgan fingerprint density at radius 1 is 1.21 bits per heavy atom. The van der Waals surface area contributed by atoms with Gasteiger partial charge < -0.3 is 9.47 Å². The molecule has 3 nitrogen and oxygen atoms in total. The van der Waals surface area contributed by atoms with Crippen molar-refractivity contribution in [1.29, 1.82) is 0 Å². The first-order valence-corrected chi connectivity index (χ1v) is 6.84. The Kier molecular flexibility index (Phi) is 5.40. The molecule has 0 aliphatic rings. The quantitative estimate of drug-likeness (QED) is 0.735. The van der Waals surface area contributed by atoms with Gasteiger partial charge in [-0.2, -0.15) is 0 Å². The third-order valence-electron chi connectivity index (χ3n) is 3.45. The predicted molar refractivity (Wildman–Crippen MR) is 76.5 cm³/mol. The first-order valence-electron chi connectivity index (χ1n) is 6.84. The molecule has 19 heavy (non-hydrogen) atoms. The van der Waals surface area contributed by atoms with Crippen molar-refractivity contribution in [3.05, 3.63) is 29.8 Å². The first-order chi connectivity index (χ1) is 8.90. The van der Waals surface area contributed by atoms with Gasteiger partial charge >= 0.3 is 5.97 Å². The van der Waals surface area contributed by atoms with E-state index in [1.165, 1.54) is 5.56 Å². The third-order valence-corrected chi connectivity index (χ3v) is 3.45. The van der Waals surface area contributed by atoms with Gasteiger partial charge in [0.15, 0.2) is 6.10 Å². The van der Waals surface area contributed by atoms with Gasteiger partial charge in [0.25, 0.3) is 0 Å². The number of hydrogen-bond donors (Lipinski definition) is 0. The fraction of sp³-hybridized carbons (Fsp3) is 0.562. The third kappa shape index (κ3) is 4.27. The van der Waals surface area contributed by atoms with Crippen LogP contribution in [-0.4, -0.2) is 18.7 Å². The van der Waals surface area contributed by atoms with E-state index in [0.29, 0.717) is 12.4 Å². The SMILES string of the molecule is CCOC(=O)[C@@H](C)Oc1ccc(C(C)(C)CC)cc1. The highest BCUT2D eigenvalue weighted by Crippen LogP contribution is 2.28. The molecule has 0 heterocycles. The van der Waals surface area contributed by atoms with Crippen molar-refractivity contribution in [2.45, 2.75) is 52.6 Å². The molecule has 0 spiro atoms. The minimum Gasteiger partial charge on any atom is -0.479 e. The molecular formula is C16H24O3. The molecular weight excluding hydrogens is 240 g/mol. The average molecular weight is 264 g/mol. The van der Waals surface area contributed by atoms with Crippen LogP contribution in [-0.2, 0) is 14.9 Å². The van der Waals surface area contributed by atoms with Crippen LogP contribution in [0.25, 0.3) is 0 Å². The van der Waals surface area contributed by atoms with E-state index in [0.717, 1.165) is 6.42 Å². The van der Waals surface area contributed by atoms with E-state index in [9.17, 15) is 4.79 Å². The van der Waals surface area contributed by atoms with Gasteiger partial charge in [-0.05, 0) is 43.4 Å². The summed E-state index contributed by atoms with van der Waals surface area (Å²) in [5, 5.41) is 0. The van der Waals surface area contributed by atoms with Crippen LogP contribution < -0.4 is 4.74 Å². The van der Waals surface area contributed by atoms with E-state index in [1.807, 2.05) is 12.1 Å². The number of carbonyl (C=O) groups is 1. The number of hydrogen-bond acceptors (Lipinski definition) is 3. The van der Waals surface area contributed by atoms with Crippen molar-refractivity contribution in [2.75, 3.05) is 6.61 Å². The van der Waals surface area contributed by atoms with Crippen molar-refractivity contribution in [3.8, 4) is 5.75 Å². The molecule has 0 unspecified atom stereocenters. The van der Waals surface area contributed by atoms with Gasteiger partial charge in [-0.3, -0.25) is 0 Å². The van der Waals surface area contributed by atoms with Crippen LogP contribution in [0.15, 0.2) is 24.3 Å². The topological polar surface area (TPSA) is 35.5 Å². The Hall–Kier alpha value is -1.51. The van der Waals surface area contributed by atoms with Gasteiger partial charge in [0, 0.05) is 0 Å². The molecule has 0 N–H and O–H groups in total. The highest BCUT2D eigenvalue weighted by molar-refractivity contribution is 5.74. The van der Waals surface area contributed by atoms with Crippen molar-refractivity contribution in [1.82, 2.24) is 0 Å². The highest BCUT2D eigenvalue weighted by atomic mass is 16.6. The van der Waals surface area contributed by atoms with Crippen LogP contribution in [0.2, 0.25) is 0 Å². The molecule has 0 fully saturated rings. The van der Waals surface area contributed by atoms with Gasteiger partial charge in [-0.25, -0.2) is 4.79 Å². The zero-order valence-corrected chi connectivity index (χ0v) is 12.5. The predicted octanol–water partition coefficient (Wildman–Crippen LogP) is 3.70. The molecule has 3 heteroatoms. The Labute approximate surface area is 115 Å². The number of carbonyl (C=O) groups excluding carboxylic acids is 1. The number of ether oxygens (including phenoxy) is 2. The lowest BCUT2D eigenvalue weighted by Gasteiger charge is -2.23. The molecule has 106 valence electrons. The van der Waals surface area contributed by atoms with Gasteiger partial charge in [-0.15, -0.1) is 0 Å². The van der Waals surface area contributed by atoms with Crippen LogP contribution in [0, 0.1) is 0 Å². The van der Waals surface area contributed by atoms with E-state index in [2.05, 4.69) is 32.9 Å². The Balaban J connectivity index is 2.70. The summed E-state index contributed by atoms with van der Waals surface area (Å²) in [6, 6.07) is 7.92. The molecule has 0 saturated heterocycles. The summed E-state index contributed by atoms with van der Waals surface area (Å²) in [5.41, 5.74) is 1.43. The average Bonchev–Trinajstić information content (AvgIpc) is 2.39. The minimum atomic E-state index is -0.579. The molecule has 0 saturated carbocycles. The molecule has 0 aromatic heterocycles. The number of esters is 1. The lowest BCUT2D eigenvalue weighted by Crippen LogP contribution is -2.26.